The van der Waals surface area contributed by atoms with Crippen LogP contribution >= 0.6 is 0 Å². The van der Waals surface area contributed by atoms with Crippen LogP contribution in [0.25, 0.3) is 0 Å². The molecule has 0 spiro atoms. The van der Waals surface area contributed by atoms with Crippen molar-refractivity contribution < 1.29 is 13.6 Å². The van der Waals surface area contributed by atoms with Crippen molar-refractivity contribution in [3.8, 4) is 5.75 Å². The quantitative estimate of drug-likeness (QED) is 0.249. The lowest BCUT2D eigenvalue weighted by atomic mass is 9.55. The Hall–Kier alpha value is -0.916. The van der Waals surface area contributed by atoms with Gasteiger partial charge < -0.3 is 8.85 Å². The fourth-order valence-electron chi connectivity index (χ4n) is 7.14. The molecule has 0 N–H and O–H groups in total. The van der Waals surface area contributed by atoms with Crippen molar-refractivity contribution in [2.24, 2.45) is 17.3 Å². The number of aryl methyl sites for hydroxylation is 1. The Labute approximate surface area is 223 Å². The van der Waals surface area contributed by atoms with Crippen LogP contribution in [0.1, 0.15) is 107 Å². The topological polar surface area (TPSA) is 35.5 Å². The van der Waals surface area contributed by atoms with Gasteiger partial charge >= 0.3 is 0 Å². The van der Waals surface area contributed by atoms with Gasteiger partial charge in [-0.25, -0.2) is 0 Å². The third-order valence-electron chi connectivity index (χ3n) is 11.0. The highest BCUT2D eigenvalue weighted by atomic mass is 28.4. The third-order valence-corrected chi connectivity index (χ3v) is 18.2. The number of hydrogen-bond acceptors (Lipinski definition) is 3. The Morgan fingerprint density at radius 3 is 2.28 bits per heavy atom. The van der Waals surface area contributed by atoms with E-state index in [1.54, 1.807) is 0 Å². The third kappa shape index (κ3) is 4.93. The highest BCUT2D eigenvalue weighted by Gasteiger charge is 2.56. The average molecular weight is 529 g/mol. The van der Waals surface area contributed by atoms with Crippen molar-refractivity contribution in [2.45, 2.75) is 136 Å². The fraction of sp³-hybridized carbons (Fsp3) is 0.774. The summed E-state index contributed by atoms with van der Waals surface area (Å²) >= 11 is 0. The van der Waals surface area contributed by atoms with Crippen LogP contribution in [0.5, 0.6) is 5.75 Å². The number of carbonyl (C=O) groups excluding carboxylic acids is 1. The number of Topliss-reactive ketones (excluding diaryl/α,β-unsaturated/α-hetero) is 1. The molecule has 3 aliphatic rings. The van der Waals surface area contributed by atoms with Gasteiger partial charge in [0.15, 0.2) is 14.1 Å². The SMILES string of the molecule is CCC(=O)c1cc2c(cc1O[Si](C)(C)C(C)C)CCC1C2CC[C@@]2(C)C1CC[C@@H]2O[Si](C)(C)C(C)C. The summed E-state index contributed by atoms with van der Waals surface area (Å²) in [5.74, 6) is 3.11. The Balaban J connectivity index is 1.64. The van der Waals surface area contributed by atoms with E-state index in [1.165, 1.54) is 43.2 Å². The number of carbonyl (C=O) groups is 1. The molecule has 2 fully saturated rings. The maximum atomic E-state index is 13.1. The summed E-state index contributed by atoms with van der Waals surface area (Å²) in [6.07, 6.45) is 8.32. The number of fused-ring (bicyclic) bond motifs is 5. The first-order valence-electron chi connectivity index (χ1n) is 14.8. The molecule has 5 heteroatoms. The van der Waals surface area contributed by atoms with E-state index in [0.717, 1.165) is 23.7 Å². The Kier molecular flexibility index (Phi) is 7.80. The zero-order valence-corrected chi connectivity index (χ0v) is 26.8. The van der Waals surface area contributed by atoms with E-state index in [-0.39, 0.29) is 5.78 Å². The van der Waals surface area contributed by atoms with Crippen molar-refractivity contribution in [3.05, 3.63) is 28.8 Å². The van der Waals surface area contributed by atoms with Crippen LogP contribution < -0.4 is 4.43 Å². The molecule has 3 unspecified atom stereocenters. The molecule has 5 atom stereocenters. The molecule has 1 aromatic rings. The van der Waals surface area contributed by atoms with Crippen LogP contribution in [0.4, 0.5) is 0 Å². The maximum absolute atomic E-state index is 13.1. The Morgan fingerprint density at radius 2 is 1.67 bits per heavy atom. The molecule has 0 amide bonds. The monoisotopic (exact) mass is 528 g/mol. The predicted octanol–water partition coefficient (Wildman–Crippen LogP) is 9.13. The van der Waals surface area contributed by atoms with Gasteiger partial charge in [-0.3, -0.25) is 4.79 Å². The van der Waals surface area contributed by atoms with Crippen molar-refractivity contribution in [2.75, 3.05) is 0 Å². The molecule has 2 saturated carbocycles. The van der Waals surface area contributed by atoms with Crippen molar-refractivity contribution in [1.29, 1.82) is 0 Å². The van der Waals surface area contributed by atoms with E-state index < -0.39 is 16.6 Å². The Bertz CT molecular complexity index is 982. The van der Waals surface area contributed by atoms with Gasteiger partial charge in [-0.15, -0.1) is 0 Å². The first-order valence-corrected chi connectivity index (χ1v) is 20.7. The second kappa shape index (κ2) is 10.00. The normalized spacial score (nSPS) is 30.2. The zero-order valence-electron chi connectivity index (χ0n) is 24.8. The van der Waals surface area contributed by atoms with Crippen molar-refractivity contribution in [1.82, 2.24) is 0 Å². The van der Waals surface area contributed by atoms with E-state index in [0.29, 0.717) is 40.9 Å². The molecule has 4 rings (SSSR count). The summed E-state index contributed by atoms with van der Waals surface area (Å²) in [5, 5.41) is 0. The predicted molar refractivity (Wildman–Crippen MR) is 156 cm³/mol. The van der Waals surface area contributed by atoms with Gasteiger partial charge in [0.2, 0.25) is 8.32 Å². The van der Waals surface area contributed by atoms with E-state index in [9.17, 15) is 4.79 Å². The fourth-order valence-corrected chi connectivity index (χ4v) is 9.50. The second-order valence-electron chi connectivity index (χ2n) is 14.1. The van der Waals surface area contributed by atoms with Gasteiger partial charge in [-0.2, -0.15) is 0 Å². The number of ketones is 1. The lowest BCUT2D eigenvalue weighted by Crippen LogP contribution is -2.48. The second-order valence-corrected chi connectivity index (χ2v) is 23.2. The van der Waals surface area contributed by atoms with Crippen LogP contribution in [-0.2, 0) is 10.8 Å². The average Bonchev–Trinajstić information content (AvgIpc) is 3.13. The first-order chi connectivity index (χ1) is 16.7. The molecular weight excluding hydrogens is 477 g/mol. The van der Waals surface area contributed by atoms with Gasteiger partial charge in [0.25, 0.3) is 0 Å². The number of rotatable bonds is 8. The largest absolute Gasteiger partial charge is 0.543 e. The number of hydrogen-bond donors (Lipinski definition) is 0. The van der Waals surface area contributed by atoms with Gasteiger partial charge in [0, 0.05) is 6.42 Å². The first kappa shape index (κ1) is 28.1. The lowest BCUT2D eigenvalue weighted by Gasteiger charge is -2.52. The zero-order chi connectivity index (χ0) is 26.6. The molecule has 3 aliphatic carbocycles. The van der Waals surface area contributed by atoms with Gasteiger partial charge in [-0.1, -0.05) is 41.5 Å². The Morgan fingerprint density at radius 1 is 1.00 bits per heavy atom. The molecule has 0 radical (unpaired) electrons. The van der Waals surface area contributed by atoms with Crippen LogP contribution in [0.3, 0.4) is 0 Å². The highest BCUT2D eigenvalue weighted by molar-refractivity contribution is 6.73. The van der Waals surface area contributed by atoms with Crippen LogP contribution in [0.2, 0.25) is 37.3 Å². The number of benzene rings is 1. The van der Waals surface area contributed by atoms with Gasteiger partial charge in [-0.05, 0) is 122 Å². The molecule has 0 heterocycles. The van der Waals surface area contributed by atoms with Gasteiger partial charge in [0.1, 0.15) is 5.75 Å². The molecule has 0 aliphatic heterocycles. The maximum Gasteiger partial charge on any atom is 0.247 e. The van der Waals surface area contributed by atoms with Crippen molar-refractivity contribution in [3.63, 3.8) is 0 Å². The molecular formula is C31H52O3Si2. The lowest BCUT2D eigenvalue weighted by molar-refractivity contribution is -0.0153. The molecule has 36 heavy (non-hydrogen) atoms. The summed E-state index contributed by atoms with van der Waals surface area (Å²) < 4.78 is 13.7. The summed E-state index contributed by atoms with van der Waals surface area (Å²) in [7, 11) is -3.59. The minimum atomic E-state index is -1.92. The van der Waals surface area contributed by atoms with E-state index in [4.69, 9.17) is 8.85 Å². The standard InChI is InChI=1S/C31H52O3Si2/c1-11-28(32)26-19-25-22(18-29(26)33-35(7,8)20(2)3)12-13-24-23(25)16-17-31(6)27(24)14-15-30(31)34-36(9,10)21(4)5/h18-21,23-24,27,30H,11-17H2,1-10H3/t23?,24?,27?,30-,31-/m0/s1. The van der Waals surface area contributed by atoms with Crippen molar-refractivity contribution >= 4 is 22.4 Å². The smallest absolute Gasteiger partial charge is 0.247 e. The van der Waals surface area contributed by atoms with Gasteiger partial charge in [0.05, 0.1) is 11.7 Å². The minimum Gasteiger partial charge on any atom is -0.543 e. The molecule has 0 aromatic heterocycles. The molecule has 3 nitrogen and oxygen atoms in total. The van der Waals surface area contributed by atoms with Crippen LogP contribution in [0, 0.1) is 17.3 Å². The van der Waals surface area contributed by atoms with E-state index in [2.05, 4.69) is 72.9 Å². The highest BCUT2D eigenvalue weighted by Crippen LogP contribution is 2.62. The van der Waals surface area contributed by atoms with E-state index in [1.807, 2.05) is 6.92 Å². The molecule has 1 aromatic carbocycles. The van der Waals surface area contributed by atoms with Crippen LogP contribution in [-0.4, -0.2) is 28.5 Å². The molecule has 0 saturated heterocycles. The minimum absolute atomic E-state index is 0.222. The summed E-state index contributed by atoms with van der Waals surface area (Å²) in [4.78, 5) is 13.1. The van der Waals surface area contributed by atoms with E-state index >= 15 is 0 Å². The summed E-state index contributed by atoms with van der Waals surface area (Å²) in [6, 6.07) is 4.55. The molecule has 202 valence electrons. The summed E-state index contributed by atoms with van der Waals surface area (Å²) in [5.41, 5.74) is 5.18. The summed E-state index contributed by atoms with van der Waals surface area (Å²) in [6.45, 7) is 23.1. The molecule has 0 bridgehead atoms. The van der Waals surface area contributed by atoms with Crippen LogP contribution in [0.15, 0.2) is 12.1 Å².